The van der Waals surface area contributed by atoms with Crippen molar-refractivity contribution in [1.29, 1.82) is 0 Å². The minimum Gasteiger partial charge on any atom is -0.374 e. The monoisotopic (exact) mass is 818 g/mol. The first-order chi connectivity index (χ1) is 22.5. The SMILES string of the molecule is CCO[Si](CCCc1ccccc1SSSSSSSSc1ccccc1CCC[Si](OCC)(OCC)OCC)(OCC)OCC. The van der Waals surface area contributed by atoms with Crippen LogP contribution in [0.5, 0.6) is 0 Å². The standard InChI is InChI=1S/C30H50O6S8Si2/c1-7-31-45(32-8-2,33-9-3)25-17-21-27-19-13-15-23-29(27)37-39-41-43-44-42-40-38-30-24-16-14-20-28(30)22-18-26-46(34-10-4,35-11-5)36-12-6/h13-16,19-20,23-24H,7-12,17-18,21-22,25-26H2,1-6H3. The topological polar surface area (TPSA) is 55.4 Å². The molecule has 16 heteroatoms. The summed E-state index contributed by atoms with van der Waals surface area (Å²) in [4.78, 5) is 2.64. The van der Waals surface area contributed by atoms with Crippen LogP contribution in [0, 0.1) is 0 Å². The van der Waals surface area contributed by atoms with E-state index in [-0.39, 0.29) is 0 Å². The van der Waals surface area contributed by atoms with Crippen LogP contribution in [-0.4, -0.2) is 57.3 Å². The molecule has 0 heterocycles. The van der Waals surface area contributed by atoms with Crippen molar-refractivity contribution in [3.8, 4) is 0 Å². The number of aryl methyl sites for hydroxylation is 2. The Bertz CT molecular complexity index is 948. The lowest BCUT2D eigenvalue weighted by Gasteiger charge is -2.28. The van der Waals surface area contributed by atoms with Crippen LogP contribution in [-0.2, 0) is 39.4 Å². The van der Waals surface area contributed by atoms with E-state index in [1.54, 1.807) is 0 Å². The van der Waals surface area contributed by atoms with Gasteiger partial charge in [-0.25, -0.2) is 0 Å². The summed E-state index contributed by atoms with van der Waals surface area (Å²) in [5, 5.41) is 0. The zero-order chi connectivity index (χ0) is 33.4. The smallest absolute Gasteiger partial charge is 0.374 e. The fourth-order valence-electron chi connectivity index (χ4n) is 4.72. The van der Waals surface area contributed by atoms with Gasteiger partial charge in [-0.05, 0) is 171 Å². The molecule has 262 valence electrons. The van der Waals surface area contributed by atoms with Crippen LogP contribution in [0.3, 0.4) is 0 Å². The summed E-state index contributed by atoms with van der Waals surface area (Å²) in [5.41, 5.74) is 2.74. The molecule has 0 aliphatic heterocycles. The first-order valence-electron chi connectivity index (χ1n) is 15.8. The first kappa shape index (κ1) is 43.6. The van der Waals surface area contributed by atoms with Gasteiger partial charge in [-0.2, -0.15) is 0 Å². The van der Waals surface area contributed by atoms with E-state index in [4.69, 9.17) is 26.6 Å². The number of benzene rings is 2. The van der Waals surface area contributed by atoms with Gasteiger partial charge in [-0.1, -0.05) is 36.4 Å². The van der Waals surface area contributed by atoms with E-state index in [1.807, 2.05) is 122 Å². The van der Waals surface area contributed by atoms with Crippen molar-refractivity contribution >= 4 is 98.2 Å². The molecule has 0 amide bonds. The number of rotatable bonds is 29. The van der Waals surface area contributed by atoms with Crippen molar-refractivity contribution in [1.82, 2.24) is 0 Å². The molecule has 6 nitrogen and oxygen atoms in total. The maximum absolute atomic E-state index is 6.04. The van der Waals surface area contributed by atoms with E-state index in [0.29, 0.717) is 39.6 Å². The molecule has 0 fully saturated rings. The molecule has 0 saturated heterocycles. The predicted molar refractivity (Wildman–Crippen MR) is 218 cm³/mol. The molecule has 0 saturated carbocycles. The molecule has 0 atom stereocenters. The van der Waals surface area contributed by atoms with Gasteiger partial charge in [-0.3, -0.25) is 0 Å². The second kappa shape index (κ2) is 27.1. The Kier molecular flexibility index (Phi) is 25.7. The van der Waals surface area contributed by atoms with Gasteiger partial charge in [0.2, 0.25) is 0 Å². The van der Waals surface area contributed by atoms with Crippen LogP contribution in [0.25, 0.3) is 0 Å². The highest BCUT2D eigenvalue weighted by Crippen LogP contribution is 2.59. The fourth-order valence-corrected chi connectivity index (χ4v) is 26.9. The molecule has 0 aromatic heterocycles. The van der Waals surface area contributed by atoms with Gasteiger partial charge in [0.05, 0.1) is 0 Å². The minimum atomic E-state index is -2.60. The molecule has 46 heavy (non-hydrogen) atoms. The third kappa shape index (κ3) is 17.1. The summed E-state index contributed by atoms with van der Waals surface area (Å²) in [6.45, 7) is 15.8. The highest BCUT2D eigenvalue weighted by molar-refractivity contribution is 9.48. The maximum Gasteiger partial charge on any atom is 0.500 e. The summed E-state index contributed by atoms with van der Waals surface area (Å²) in [6, 6.07) is 19.1. The van der Waals surface area contributed by atoms with Crippen molar-refractivity contribution in [2.45, 2.75) is 89.1 Å². The Morgan fingerprint density at radius 1 is 0.435 bits per heavy atom. The van der Waals surface area contributed by atoms with Gasteiger partial charge in [0.25, 0.3) is 0 Å². The lowest BCUT2D eigenvalue weighted by molar-refractivity contribution is 0.0700. The van der Waals surface area contributed by atoms with Crippen molar-refractivity contribution in [3.63, 3.8) is 0 Å². The normalized spacial score (nSPS) is 12.2. The zero-order valence-electron chi connectivity index (χ0n) is 27.8. The summed E-state index contributed by atoms with van der Waals surface area (Å²) in [6.07, 6.45) is 3.93. The minimum absolute atomic E-state index is 0.618. The van der Waals surface area contributed by atoms with Crippen LogP contribution >= 0.6 is 80.5 Å². The van der Waals surface area contributed by atoms with E-state index < -0.39 is 17.6 Å². The summed E-state index contributed by atoms with van der Waals surface area (Å²) >= 11 is 0. The molecule has 2 aromatic carbocycles. The van der Waals surface area contributed by atoms with Crippen molar-refractivity contribution in [3.05, 3.63) is 59.7 Å². The number of hydrogen-bond acceptors (Lipinski definition) is 14. The van der Waals surface area contributed by atoms with Crippen LogP contribution < -0.4 is 0 Å². The third-order valence-electron chi connectivity index (χ3n) is 6.38. The Hall–Kier alpha value is 1.43. The van der Waals surface area contributed by atoms with Crippen LogP contribution in [0.4, 0.5) is 0 Å². The number of hydrogen-bond donors (Lipinski definition) is 0. The van der Waals surface area contributed by atoms with Gasteiger partial charge in [0.15, 0.2) is 0 Å². The average Bonchev–Trinajstić information content (AvgIpc) is 3.04. The maximum atomic E-state index is 6.04. The Morgan fingerprint density at radius 3 is 1.07 bits per heavy atom. The van der Waals surface area contributed by atoms with Crippen LogP contribution in [0.15, 0.2) is 58.3 Å². The molecule has 0 unspecified atom stereocenters. The van der Waals surface area contributed by atoms with E-state index in [1.165, 1.54) is 20.9 Å². The lowest BCUT2D eigenvalue weighted by atomic mass is 10.1. The Labute approximate surface area is 310 Å². The fraction of sp³-hybridized carbons (Fsp3) is 0.600. The van der Waals surface area contributed by atoms with Crippen molar-refractivity contribution in [2.75, 3.05) is 39.6 Å². The van der Waals surface area contributed by atoms with Crippen LogP contribution in [0.1, 0.15) is 65.5 Å². The molecule has 0 N–H and O–H groups in total. The van der Waals surface area contributed by atoms with Crippen LogP contribution in [0.2, 0.25) is 12.1 Å². The Balaban J connectivity index is 1.72. The van der Waals surface area contributed by atoms with Gasteiger partial charge >= 0.3 is 17.6 Å². The second-order valence-electron chi connectivity index (χ2n) is 9.46. The van der Waals surface area contributed by atoms with Crippen molar-refractivity contribution < 1.29 is 26.6 Å². The molecule has 2 rings (SSSR count). The van der Waals surface area contributed by atoms with Gasteiger partial charge in [0, 0.05) is 61.5 Å². The van der Waals surface area contributed by atoms with Gasteiger partial charge in [0.1, 0.15) is 0 Å². The second-order valence-corrected chi connectivity index (χ2v) is 27.8. The molecule has 2 aromatic rings. The molecular weight excluding hydrogens is 769 g/mol. The summed E-state index contributed by atoms with van der Waals surface area (Å²) in [5.74, 6) is 0. The third-order valence-corrected chi connectivity index (χ3v) is 27.8. The first-order valence-corrected chi connectivity index (χ1v) is 29.9. The highest BCUT2D eigenvalue weighted by Gasteiger charge is 2.40. The van der Waals surface area contributed by atoms with Gasteiger partial charge < -0.3 is 26.6 Å². The molecule has 0 spiro atoms. The highest BCUT2D eigenvalue weighted by atomic mass is 34.0. The van der Waals surface area contributed by atoms with E-state index in [0.717, 1.165) is 37.8 Å². The van der Waals surface area contributed by atoms with Gasteiger partial charge in [-0.15, -0.1) is 0 Å². The molecule has 0 radical (unpaired) electrons. The zero-order valence-corrected chi connectivity index (χ0v) is 36.4. The van der Waals surface area contributed by atoms with E-state index >= 15 is 0 Å². The molecular formula is C30H50O6S8Si2. The molecule has 0 bridgehead atoms. The summed E-state index contributed by atoms with van der Waals surface area (Å²) in [7, 11) is 9.33. The van der Waals surface area contributed by atoms with Crippen molar-refractivity contribution in [2.24, 2.45) is 0 Å². The lowest BCUT2D eigenvalue weighted by Crippen LogP contribution is -2.46. The van der Waals surface area contributed by atoms with E-state index in [9.17, 15) is 0 Å². The van der Waals surface area contributed by atoms with E-state index in [2.05, 4.69) is 48.5 Å². The average molecular weight is 819 g/mol. The molecule has 0 aliphatic carbocycles. The molecule has 0 aliphatic rings. The quantitative estimate of drug-likeness (QED) is 0.0445. The summed E-state index contributed by atoms with van der Waals surface area (Å²) < 4.78 is 36.2. The Morgan fingerprint density at radius 2 is 0.739 bits per heavy atom. The predicted octanol–water partition coefficient (Wildman–Crippen LogP) is 12.3. The largest absolute Gasteiger partial charge is 0.500 e.